The van der Waals surface area contributed by atoms with E-state index in [1.54, 1.807) is 25.1 Å². The smallest absolute Gasteiger partial charge is 0.328 e. The number of nitrogens with one attached hydrogen (secondary N) is 2. The van der Waals surface area contributed by atoms with Gasteiger partial charge in [0.1, 0.15) is 23.7 Å². The number of nitrogens with zero attached hydrogens (tertiary/aromatic N) is 6. The molecule has 3 saturated heterocycles. The molecule has 0 radical (unpaired) electrons. The number of hydrogen-bond acceptors (Lipinski definition) is 10. The fourth-order valence-corrected chi connectivity index (χ4v) is 9.66. The van der Waals surface area contributed by atoms with E-state index in [0.29, 0.717) is 64.7 Å². The summed E-state index contributed by atoms with van der Waals surface area (Å²) in [4.78, 5) is 70.9. The molecule has 0 atom stereocenters. The quantitative estimate of drug-likeness (QED) is 0.126. The molecule has 67 heavy (non-hydrogen) atoms. The highest BCUT2D eigenvalue weighted by Gasteiger charge is 2.39. The predicted molar refractivity (Wildman–Crippen MR) is 249 cm³/mol. The summed E-state index contributed by atoms with van der Waals surface area (Å²) in [5.74, 6) is -1.64. The van der Waals surface area contributed by atoms with Gasteiger partial charge >= 0.3 is 6.03 Å². The van der Waals surface area contributed by atoms with Crippen LogP contribution in [0.5, 0.6) is 5.75 Å². The van der Waals surface area contributed by atoms with Crippen LogP contribution in [0.15, 0.2) is 84.1 Å². The molecule has 0 unspecified atom stereocenters. The maximum Gasteiger partial charge on any atom is 0.328 e. The molecule has 3 fully saturated rings. The van der Waals surface area contributed by atoms with Gasteiger partial charge in [0.05, 0.1) is 35.4 Å². The number of likely N-dealkylation sites (tertiary alicyclic amines) is 2. The van der Waals surface area contributed by atoms with Gasteiger partial charge in [0, 0.05) is 61.4 Å². The van der Waals surface area contributed by atoms with Crippen molar-refractivity contribution >= 4 is 46.7 Å². The van der Waals surface area contributed by atoms with E-state index in [1.165, 1.54) is 62.0 Å². The van der Waals surface area contributed by atoms with Crippen LogP contribution in [0.2, 0.25) is 0 Å². The van der Waals surface area contributed by atoms with Crippen molar-refractivity contribution in [3.63, 3.8) is 0 Å². The Morgan fingerprint density at radius 1 is 0.910 bits per heavy atom. The molecule has 5 heterocycles. The Balaban J connectivity index is 0.795. The molecule has 5 amide bonds. The van der Waals surface area contributed by atoms with E-state index in [1.807, 2.05) is 4.90 Å². The first-order valence-corrected chi connectivity index (χ1v) is 22.5. The number of methoxy groups -OCH3 is 1. The number of benzene rings is 4. The Morgan fingerprint density at radius 2 is 1.64 bits per heavy atom. The largest absolute Gasteiger partial charge is 0.495 e. The summed E-state index contributed by atoms with van der Waals surface area (Å²) in [5, 5.41) is 15.3. The lowest BCUT2D eigenvalue weighted by atomic mass is 9.71. The lowest BCUT2D eigenvalue weighted by molar-refractivity contribution is -0.120. The van der Waals surface area contributed by atoms with Crippen LogP contribution in [0.4, 0.5) is 30.8 Å². The van der Waals surface area contributed by atoms with Crippen molar-refractivity contribution in [3.05, 3.63) is 130 Å². The van der Waals surface area contributed by atoms with E-state index in [-0.39, 0.29) is 41.4 Å². The van der Waals surface area contributed by atoms with E-state index in [0.717, 1.165) is 68.2 Å². The number of ether oxygens (including phenoxy) is 1. The third kappa shape index (κ3) is 9.28. The molecule has 346 valence electrons. The molecule has 14 nitrogen and oxygen atoms in total. The van der Waals surface area contributed by atoms with Gasteiger partial charge in [-0.1, -0.05) is 30.3 Å². The number of carbonyl (C=O) groups is 4. The number of imide groups is 1. The zero-order valence-corrected chi connectivity index (χ0v) is 37.9. The molecule has 4 aliphatic heterocycles. The molecule has 1 spiro atoms. The summed E-state index contributed by atoms with van der Waals surface area (Å²) in [6, 6.07) is 19.4. The first-order chi connectivity index (χ1) is 32.1. The van der Waals surface area contributed by atoms with Gasteiger partial charge in [-0.2, -0.15) is 0 Å². The van der Waals surface area contributed by atoms with Crippen LogP contribution in [0, 0.1) is 24.0 Å². The van der Waals surface area contributed by atoms with E-state index in [9.17, 15) is 24.3 Å². The minimum atomic E-state index is -1.29. The summed E-state index contributed by atoms with van der Waals surface area (Å²) in [6.45, 7) is 9.03. The number of aliphatic hydroxyl groups is 1. The molecule has 4 aliphatic rings. The number of fused-ring (bicyclic) bond motifs is 1. The summed E-state index contributed by atoms with van der Waals surface area (Å²) >= 11 is 0. The summed E-state index contributed by atoms with van der Waals surface area (Å²) in [6.07, 6.45) is 5.93. The van der Waals surface area contributed by atoms with Gasteiger partial charge in [0.15, 0.2) is 5.82 Å². The lowest BCUT2D eigenvalue weighted by Crippen LogP contribution is -2.50. The third-order valence-electron chi connectivity index (χ3n) is 13.8. The molecule has 0 aliphatic carbocycles. The minimum absolute atomic E-state index is 0.0837. The first kappa shape index (κ1) is 45.3. The highest BCUT2D eigenvalue weighted by atomic mass is 19.1. The average molecular weight is 911 g/mol. The standard InChI is InChI=1S/C51H52F2N8O6/c1-30-37(25-35(52)26-40(30)57-47(63)36-11-10-34(24-39(36)53)50(2,3)66)45-38-27-41(56-46(38)55-29-54-45)32-7-5-31(6-8-32)28-59-19-14-51(15-20-59)16-21-60(22-17-51)48(64)33-9-12-43(67-4)42(23-33)61-18-13-44(62)58-49(61)65/h5-12,23-26,29,66H,13-22,27-28H2,1-4H3,(H,57,63)(H,58,62,65). The van der Waals surface area contributed by atoms with E-state index in [4.69, 9.17) is 9.73 Å². The van der Waals surface area contributed by atoms with Gasteiger partial charge in [-0.25, -0.2) is 28.5 Å². The van der Waals surface area contributed by atoms with E-state index in [2.05, 4.69) is 49.8 Å². The van der Waals surface area contributed by atoms with Crippen LogP contribution in [0.1, 0.15) is 94.5 Å². The van der Waals surface area contributed by atoms with Crippen LogP contribution in [-0.4, -0.2) is 94.2 Å². The van der Waals surface area contributed by atoms with E-state index >= 15 is 8.78 Å². The summed E-state index contributed by atoms with van der Waals surface area (Å²) in [7, 11) is 1.51. The molecule has 3 N–H and O–H groups in total. The van der Waals surface area contributed by atoms with E-state index < -0.39 is 29.2 Å². The van der Waals surface area contributed by atoms with Gasteiger partial charge in [-0.3, -0.25) is 29.5 Å². The molecule has 1 aromatic heterocycles. The Bertz CT molecular complexity index is 2830. The molecule has 0 bridgehead atoms. The Kier molecular flexibility index (Phi) is 12.2. The highest BCUT2D eigenvalue weighted by molar-refractivity contribution is 6.09. The molecule has 0 saturated carbocycles. The van der Waals surface area contributed by atoms with Crippen LogP contribution in [0.25, 0.3) is 11.3 Å². The highest BCUT2D eigenvalue weighted by Crippen LogP contribution is 2.43. The molecular formula is C51H52F2N8O6. The summed E-state index contributed by atoms with van der Waals surface area (Å²) < 4.78 is 35.7. The number of urea groups is 1. The van der Waals surface area contributed by atoms with Crippen molar-refractivity contribution in [1.82, 2.24) is 25.1 Å². The Hall–Kier alpha value is -6.91. The van der Waals surface area contributed by atoms with Gasteiger partial charge in [0.2, 0.25) is 5.91 Å². The van der Waals surface area contributed by atoms with Crippen molar-refractivity contribution in [3.8, 4) is 17.0 Å². The fraction of sp³-hybridized carbons (Fsp3) is 0.353. The third-order valence-corrected chi connectivity index (χ3v) is 13.8. The predicted octanol–water partition coefficient (Wildman–Crippen LogP) is 7.86. The average Bonchev–Trinajstić information content (AvgIpc) is 3.76. The van der Waals surface area contributed by atoms with Crippen LogP contribution < -0.4 is 20.3 Å². The number of halogens is 2. The number of aliphatic imine (C=N–C) groups is 1. The second kappa shape index (κ2) is 18.1. The maximum absolute atomic E-state index is 15.2. The van der Waals surface area contributed by atoms with Crippen molar-refractivity contribution in [2.45, 2.75) is 71.4 Å². The number of rotatable bonds is 10. The fourth-order valence-electron chi connectivity index (χ4n) is 9.66. The van der Waals surface area contributed by atoms with Crippen molar-refractivity contribution in [1.29, 1.82) is 0 Å². The number of anilines is 2. The van der Waals surface area contributed by atoms with Crippen molar-refractivity contribution in [2.75, 3.05) is 50.1 Å². The van der Waals surface area contributed by atoms with Gasteiger partial charge in [0.25, 0.3) is 11.8 Å². The van der Waals surface area contributed by atoms with Gasteiger partial charge < -0.3 is 20.1 Å². The van der Waals surface area contributed by atoms with Crippen LogP contribution >= 0.6 is 0 Å². The Morgan fingerprint density at radius 3 is 2.33 bits per heavy atom. The lowest BCUT2D eigenvalue weighted by Gasteiger charge is -2.47. The number of carbonyl (C=O) groups excluding carboxylic acids is 4. The molecule has 9 rings (SSSR count). The number of aromatic nitrogens is 2. The minimum Gasteiger partial charge on any atom is -0.495 e. The van der Waals surface area contributed by atoms with Crippen molar-refractivity contribution in [2.24, 2.45) is 10.4 Å². The second-order valence-electron chi connectivity index (χ2n) is 18.5. The van der Waals surface area contributed by atoms with Gasteiger partial charge in [-0.15, -0.1) is 0 Å². The molecular weight excluding hydrogens is 859 g/mol. The number of piperidine rings is 2. The zero-order valence-electron chi connectivity index (χ0n) is 37.9. The van der Waals surface area contributed by atoms with Crippen molar-refractivity contribution < 1.29 is 37.8 Å². The second-order valence-corrected chi connectivity index (χ2v) is 18.5. The molecule has 5 aromatic rings. The summed E-state index contributed by atoms with van der Waals surface area (Å²) in [5.41, 5.74) is 5.22. The Labute approximate surface area is 387 Å². The molecule has 4 aromatic carbocycles. The normalized spacial score (nSPS) is 17.3. The zero-order chi connectivity index (χ0) is 47.2. The SMILES string of the molecule is COc1ccc(C(=O)N2CCC3(CCN(Cc4ccc(C5=Nc6ncnc(-c7cc(F)cc(NC(=O)c8ccc(C(C)(C)O)cc8F)c7C)c6C5)cc4)CC3)CC2)cc1N1CCC(=O)NC1=O. The maximum atomic E-state index is 15.2. The number of amides is 5. The monoisotopic (exact) mass is 910 g/mol. The van der Waals surface area contributed by atoms with Crippen LogP contribution in [-0.2, 0) is 23.4 Å². The topological polar surface area (TPSA) is 170 Å². The molecule has 16 heteroatoms. The van der Waals surface area contributed by atoms with Crippen LogP contribution in [0.3, 0.4) is 0 Å². The first-order valence-electron chi connectivity index (χ1n) is 22.5. The van der Waals surface area contributed by atoms with Gasteiger partial charge in [-0.05, 0) is 130 Å². The number of hydrogen-bond donors (Lipinski definition) is 3.